The minimum absolute atomic E-state index is 0.112. The van der Waals surface area contributed by atoms with Gasteiger partial charge >= 0.3 is 0 Å². The standard InChI is InChI=1S/C21H16BrN3O2S/c22-14-5-3-4-13(10-14)17-9-8-15(27-17)11-24-25-12-23-20-19(21(25)26)16-6-1-2-7-18(16)28-20/h3-5,8-12H,1-2,6-7H2/b24-11-. The van der Waals surface area contributed by atoms with Crippen LogP contribution >= 0.6 is 27.3 Å². The first-order valence-corrected chi connectivity index (χ1v) is 10.7. The first-order chi connectivity index (χ1) is 13.7. The van der Waals surface area contributed by atoms with Gasteiger partial charge in [-0.15, -0.1) is 11.3 Å². The molecule has 1 aliphatic rings. The van der Waals surface area contributed by atoms with Crippen molar-refractivity contribution >= 4 is 43.7 Å². The third-order valence-corrected chi connectivity index (χ3v) is 6.60. The normalized spacial score (nSPS) is 14.0. The van der Waals surface area contributed by atoms with Crippen LogP contribution in [0.2, 0.25) is 0 Å². The van der Waals surface area contributed by atoms with Crippen molar-refractivity contribution in [2.24, 2.45) is 5.10 Å². The van der Waals surface area contributed by atoms with Gasteiger partial charge in [-0.05, 0) is 55.5 Å². The van der Waals surface area contributed by atoms with Crippen LogP contribution in [0.1, 0.15) is 29.0 Å². The smallest absolute Gasteiger partial charge is 0.282 e. The van der Waals surface area contributed by atoms with E-state index in [1.54, 1.807) is 17.6 Å². The highest BCUT2D eigenvalue weighted by atomic mass is 79.9. The predicted octanol–water partition coefficient (Wildman–Crippen LogP) is 5.24. The molecule has 0 saturated carbocycles. The molecule has 3 heterocycles. The number of aromatic nitrogens is 2. The van der Waals surface area contributed by atoms with Gasteiger partial charge in [0.2, 0.25) is 0 Å². The van der Waals surface area contributed by atoms with Crippen molar-refractivity contribution in [2.75, 3.05) is 0 Å². The van der Waals surface area contributed by atoms with Crippen molar-refractivity contribution in [3.63, 3.8) is 0 Å². The summed E-state index contributed by atoms with van der Waals surface area (Å²) in [5, 5.41) is 5.03. The number of halogens is 1. The highest BCUT2D eigenvalue weighted by molar-refractivity contribution is 9.10. The number of hydrogen-bond acceptors (Lipinski definition) is 5. The van der Waals surface area contributed by atoms with Crippen LogP contribution in [0.3, 0.4) is 0 Å². The van der Waals surface area contributed by atoms with E-state index in [1.165, 1.54) is 27.9 Å². The van der Waals surface area contributed by atoms with Crippen LogP contribution in [-0.2, 0) is 12.8 Å². The molecule has 140 valence electrons. The number of hydrogen-bond donors (Lipinski definition) is 0. The van der Waals surface area contributed by atoms with Gasteiger partial charge in [0, 0.05) is 14.9 Å². The molecule has 0 bridgehead atoms. The summed E-state index contributed by atoms with van der Waals surface area (Å²) in [6, 6.07) is 11.6. The highest BCUT2D eigenvalue weighted by Crippen LogP contribution is 2.33. The molecule has 0 radical (unpaired) electrons. The van der Waals surface area contributed by atoms with E-state index in [4.69, 9.17) is 4.42 Å². The fourth-order valence-electron chi connectivity index (χ4n) is 3.56. The molecular formula is C21H16BrN3O2S. The molecule has 3 aromatic heterocycles. The average molecular weight is 454 g/mol. The second kappa shape index (κ2) is 7.14. The zero-order valence-corrected chi connectivity index (χ0v) is 17.3. The summed E-state index contributed by atoms with van der Waals surface area (Å²) in [4.78, 5) is 19.5. The van der Waals surface area contributed by atoms with Crippen LogP contribution in [0.5, 0.6) is 0 Å². The maximum Gasteiger partial charge on any atom is 0.282 e. The predicted molar refractivity (Wildman–Crippen MR) is 115 cm³/mol. The van der Waals surface area contributed by atoms with E-state index in [1.807, 2.05) is 36.4 Å². The Balaban J connectivity index is 1.48. The lowest BCUT2D eigenvalue weighted by Gasteiger charge is -2.09. The Kier molecular flexibility index (Phi) is 4.49. The molecule has 0 unspecified atom stereocenters. The first-order valence-electron chi connectivity index (χ1n) is 9.11. The van der Waals surface area contributed by atoms with Gasteiger partial charge in [-0.1, -0.05) is 28.1 Å². The Morgan fingerprint density at radius 3 is 3.00 bits per heavy atom. The van der Waals surface area contributed by atoms with Gasteiger partial charge in [0.25, 0.3) is 5.56 Å². The molecule has 5 rings (SSSR count). The fraction of sp³-hybridized carbons (Fsp3) is 0.190. The number of benzene rings is 1. The molecule has 0 N–H and O–H groups in total. The van der Waals surface area contributed by atoms with E-state index >= 15 is 0 Å². The molecule has 1 aromatic carbocycles. The zero-order valence-electron chi connectivity index (χ0n) is 14.9. The minimum atomic E-state index is -0.112. The maximum atomic E-state index is 12.9. The number of aryl methyl sites for hydroxylation is 2. The maximum absolute atomic E-state index is 12.9. The molecule has 5 nitrogen and oxygen atoms in total. The number of fused-ring (bicyclic) bond motifs is 3. The van der Waals surface area contributed by atoms with Crippen LogP contribution in [0.25, 0.3) is 21.5 Å². The van der Waals surface area contributed by atoms with E-state index < -0.39 is 0 Å². The number of thiophene rings is 1. The Morgan fingerprint density at radius 1 is 1.21 bits per heavy atom. The average Bonchev–Trinajstić information content (AvgIpc) is 3.32. The van der Waals surface area contributed by atoms with Crippen molar-refractivity contribution in [1.82, 2.24) is 9.66 Å². The zero-order chi connectivity index (χ0) is 19.1. The molecule has 0 aliphatic heterocycles. The Morgan fingerprint density at radius 2 is 2.11 bits per heavy atom. The number of rotatable bonds is 3. The van der Waals surface area contributed by atoms with Gasteiger partial charge in [0.15, 0.2) is 0 Å². The lowest BCUT2D eigenvalue weighted by atomic mass is 9.97. The third-order valence-electron chi connectivity index (χ3n) is 4.90. The molecule has 0 amide bonds. The second-order valence-electron chi connectivity index (χ2n) is 6.74. The molecule has 0 saturated heterocycles. The van der Waals surface area contributed by atoms with Crippen molar-refractivity contribution in [2.45, 2.75) is 25.7 Å². The van der Waals surface area contributed by atoms with Crippen molar-refractivity contribution in [3.05, 3.63) is 73.8 Å². The van der Waals surface area contributed by atoms with Crippen LogP contribution in [0.4, 0.5) is 0 Å². The lowest BCUT2D eigenvalue weighted by Crippen LogP contribution is -2.17. The summed E-state index contributed by atoms with van der Waals surface area (Å²) in [6.07, 6.45) is 7.35. The van der Waals surface area contributed by atoms with Crippen LogP contribution in [0.15, 0.2) is 61.5 Å². The van der Waals surface area contributed by atoms with E-state index in [0.29, 0.717) is 5.76 Å². The van der Waals surface area contributed by atoms with Gasteiger partial charge < -0.3 is 4.42 Å². The molecule has 4 aromatic rings. The Hall–Kier alpha value is -2.51. The van der Waals surface area contributed by atoms with Crippen molar-refractivity contribution in [3.8, 4) is 11.3 Å². The van der Waals surface area contributed by atoms with Crippen molar-refractivity contribution < 1.29 is 4.42 Å². The third kappa shape index (κ3) is 3.14. The molecule has 0 atom stereocenters. The quantitative estimate of drug-likeness (QED) is 0.398. The Bertz CT molecular complexity index is 1270. The molecule has 0 fully saturated rings. The topological polar surface area (TPSA) is 60.4 Å². The molecule has 0 spiro atoms. The second-order valence-corrected chi connectivity index (χ2v) is 8.74. The summed E-state index contributed by atoms with van der Waals surface area (Å²) in [5.74, 6) is 1.32. The van der Waals surface area contributed by atoms with E-state index in [9.17, 15) is 4.79 Å². The summed E-state index contributed by atoms with van der Waals surface area (Å²) >= 11 is 5.11. The summed E-state index contributed by atoms with van der Waals surface area (Å²) in [6.45, 7) is 0. The first kappa shape index (κ1) is 17.6. The molecule has 7 heteroatoms. The Labute approximate surface area is 173 Å². The van der Waals surface area contributed by atoms with Crippen molar-refractivity contribution in [1.29, 1.82) is 0 Å². The van der Waals surface area contributed by atoms with Crippen LogP contribution in [0, 0.1) is 0 Å². The van der Waals surface area contributed by atoms with Gasteiger partial charge in [0.05, 0.1) is 11.6 Å². The van der Waals surface area contributed by atoms with Gasteiger partial charge in [-0.2, -0.15) is 9.78 Å². The van der Waals surface area contributed by atoms with E-state index in [2.05, 4.69) is 26.0 Å². The van der Waals surface area contributed by atoms with Crippen LogP contribution in [-0.4, -0.2) is 15.9 Å². The SMILES string of the molecule is O=c1c2c3c(sc2ncn1/N=C\c1ccc(-c2cccc(Br)c2)o1)CCCC3. The minimum Gasteiger partial charge on any atom is -0.455 e. The van der Waals surface area contributed by atoms with E-state index in [0.717, 1.165) is 45.3 Å². The summed E-state index contributed by atoms with van der Waals surface area (Å²) in [5.41, 5.74) is 2.03. The highest BCUT2D eigenvalue weighted by Gasteiger charge is 2.19. The lowest BCUT2D eigenvalue weighted by molar-refractivity contribution is 0.574. The van der Waals surface area contributed by atoms with Gasteiger partial charge in [-0.25, -0.2) is 4.98 Å². The van der Waals surface area contributed by atoms with Gasteiger partial charge in [-0.3, -0.25) is 4.79 Å². The molecular weight excluding hydrogens is 438 g/mol. The summed E-state index contributed by atoms with van der Waals surface area (Å²) in [7, 11) is 0. The number of nitrogens with zero attached hydrogens (tertiary/aromatic N) is 3. The number of furan rings is 1. The van der Waals surface area contributed by atoms with Crippen LogP contribution < -0.4 is 5.56 Å². The molecule has 1 aliphatic carbocycles. The summed E-state index contributed by atoms with van der Waals surface area (Å²) < 4.78 is 8.13. The van der Waals surface area contributed by atoms with E-state index in [-0.39, 0.29) is 5.56 Å². The molecule has 28 heavy (non-hydrogen) atoms. The fourth-order valence-corrected chi connectivity index (χ4v) is 5.18. The monoisotopic (exact) mass is 453 g/mol. The van der Waals surface area contributed by atoms with Gasteiger partial charge in [0.1, 0.15) is 22.7 Å². The largest absolute Gasteiger partial charge is 0.455 e.